The molecule has 0 radical (unpaired) electrons. The molecule has 0 saturated heterocycles. The van der Waals surface area contributed by atoms with Gasteiger partial charge in [-0.05, 0) is 12.8 Å². The smallest absolute Gasteiger partial charge is 0.0701 e. The average Bonchev–Trinajstić information content (AvgIpc) is 2.54. The maximum Gasteiger partial charge on any atom is 0.0701 e. The minimum absolute atomic E-state index is 0.659. The van der Waals surface area contributed by atoms with Crippen LogP contribution in [0.2, 0.25) is 0 Å². The highest BCUT2D eigenvalue weighted by atomic mass is 16.5. The van der Waals surface area contributed by atoms with Gasteiger partial charge in [0.1, 0.15) is 0 Å². The van der Waals surface area contributed by atoms with Crippen LogP contribution in [0.25, 0.3) is 0 Å². The summed E-state index contributed by atoms with van der Waals surface area (Å²) in [6, 6.07) is 0. The maximum atomic E-state index is 5.20. The molecule has 0 aliphatic rings. The lowest BCUT2D eigenvalue weighted by molar-refractivity contribution is 0.0250. The molecule has 0 aromatic rings. The van der Waals surface area contributed by atoms with Gasteiger partial charge in [0.2, 0.25) is 0 Å². The molecular weight excluding hydrogens is 288 g/mol. The zero-order valence-corrected chi connectivity index (χ0v) is 14.9. The summed E-state index contributed by atoms with van der Waals surface area (Å²) < 4.78 is 30.3. The molecule has 0 aliphatic carbocycles. The fourth-order valence-electron chi connectivity index (χ4n) is 1.22. The zero-order chi connectivity index (χ0) is 16.7. The first-order chi connectivity index (χ1) is 10.8. The quantitative estimate of drug-likeness (QED) is 0.406. The third-order valence-electron chi connectivity index (χ3n) is 2.30. The molecular formula is C16H36O6. The summed E-state index contributed by atoms with van der Waals surface area (Å²) in [5.74, 6) is 0. The number of hydrogen-bond acceptors (Lipinski definition) is 6. The van der Waals surface area contributed by atoms with Crippen LogP contribution >= 0.6 is 0 Å². The molecule has 0 N–H and O–H groups in total. The van der Waals surface area contributed by atoms with Crippen molar-refractivity contribution in [3.8, 4) is 0 Å². The highest BCUT2D eigenvalue weighted by Crippen LogP contribution is 1.82. The predicted molar refractivity (Wildman–Crippen MR) is 87.6 cm³/mol. The molecule has 0 spiro atoms. The maximum absolute atomic E-state index is 5.20. The van der Waals surface area contributed by atoms with Gasteiger partial charge in [0.25, 0.3) is 0 Å². The van der Waals surface area contributed by atoms with Gasteiger partial charge in [0.15, 0.2) is 0 Å². The second kappa shape index (κ2) is 25.7. The minimum Gasteiger partial charge on any atom is -0.382 e. The SMILES string of the molecule is CCCOCCOCCOC.CCCOCCOCCOC. The molecule has 0 amide bonds. The van der Waals surface area contributed by atoms with Gasteiger partial charge in [-0.2, -0.15) is 0 Å². The summed E-state index contributed by atoms with van der Waals surface area (Å²) in [6.07, 6.45) is 2.14. The van der Waals surface area contributed by atoms with Crippen molar-refractivity contribution in [1.29, 1.82) is 0 Å². The molecule has 136 valence electrons. The van der Waals surface area contributed by atoms with Crippen LogP contribution in [0.5, 0.6) is 0 Å². The Morgan fingerprint density at radius 1 is 0.409 bits per heavy atom. The highest BCUT2D eigenvalue weighted by Gasteiger charge is 1.88. The van der Waals surface area contributed by atoms with Gasteiger partial charge < -0.3 is 28.4 Å². The zero-order valence-electron chi connectivity index (χ0n) is 14.9. The Morgan fingerprint density at radius 2 is 0.682 bits per heavy atom. The van der Waals surface area contributed by atoms with Crippen molar-refractivity contribution in [3.63, 3.8) is 0 Å². The molecule has 0 rings (SSSR count). The summed E-state index contributed by atoms with van der Waals surface area (Å²) in [4.78, 5) is 0. The van der Waals surface area contributed by atoms with Crippen LogP contribution in [0.4, 0.5) is 0 Å². The molecule has 0 aromatic heterocycles. The van der Waals surface area contributed by atoms with Crippen molar-refractivity contribution in [2.45, 2.75) is 26.7 Å². The van der Waals surface area contributed by atoms with E-state index in [1.807, 2.05) is 0 Å². The molecule has 0 fully saturated rings. The van der Waals surface area contributed by atoms with Crippen molar-refractivity contribution >= 4 is 0 Å². The van der Waals surface area contributed by atoms with E-state index in [2.05, 4.69) is 13.8 Å². The van der Waals surface area contributed by atoms with Crippen molar-refractivity contribution in [1.82, 2.24) is 0 Å². The monoisotopic (exact) mass is 324 g/mol. The van der Waals surface area contributed by atoms with Crippen LogP contribution in [0, 0.1) is 0 Å². The Balaban J connectivity index is 0. The Kier molecular flexibility index (Phi) is 28.1. The Bertz CT molecular complexity index is 135. The van der Waals surface area contributed by atoms with E-state index in [0.29, 0.717) is 52.9 Å². The van der Waals surface area contributed by atoms with Gasteiger partial charge in [-0.3, -0.25) is 0 Å². The fraction of sp³-hybridized carbons (Fsp3) is 1.00. The first kappa shape index (κ1) is 24.0. The fourth-order valence-corrected chi connectivity index (χ4v) is 1.22. The van der Waals surface area contributed by atoms with Crippen LogP contribution in [-0.2, 0) is 28.4 Å². The lowest BCUT2D eigenvalue weighted by atomic mass is 10.5. The van der Waals surface area contributed by atoms with Gasteiger partial charge in [-0.15, -0.1) is 0 Å². The minimum atomic E-state index is 0.659. The van der Waals surface area contributed by atoms with E-state index in [1.54, 1.807) is 14.2 Å². The highest BCUT2D eigenvalue weighted by molar-refractivity contribution is 4.32. The van der Waals surface area contributed by atoms with E-state index < -0.39 is 0 Å². The Labute approximate surface area is 136 Å². The molecule has 0 atom stereocenters. The Hall–Kier alpha value is -0.240. The van der Waals surface area contributed by atoms with E-state index in [9.17, 15) is 0 Å². The van der Waals surface area contributed by atoms with Crippen molar-refractivity contribution in [2.75, 3.05) is 80.3 Å². The largest absolute Gasteiger partial charge is 0.382 e. The molecule has 0 unspecified atom stereocenters. The third-order valence-corrected chi connectivity index (χ3v) is 2.30. The van der Waals surface area contributed by atoms with E-state index in [-0.39, 0.29) is 0 Å². The predicted octanol–water partition coefficient (Wildman–Crippen LogP) is 2.15. The summed E-state index contributed by atoms with van der Waals surface area (Å²) >= 11 is 0. The summed E-state index contributed by atoms with van der Waals surface area (Å²) in [7, 11) is 3.33. The van der Waals surface area contributed by atoms with Crippen LogP contribution in [0.15, 0.2) is 0 Å². The van der Waals surface area contributed by atoms with E-state index in [4.69, 9.17) is 28.4 Å². The van der Waals surface area contributed by atoms with E-state index in [1.165, 1.54) is 0 Å². The number of rotatable bonds is 16. The van der Waals surface area contributed by atoms with Gasteiger partial charge in [-0.1, -0.05) is 13.8 Å². The molecule has 0 aliphatic heterocycles. The van der Waals surface area contributed by atoms with Gasteiger partial charge in [0, 0.05) is 27.4 Å². The second-order valence-corrected chi connectivity index (χ2v) is 4.44. The first-order valence-corrected chi connectivity index (χ1v) is 8.12. The van der Waals surface area contributed by atoms with Crippen molar-refractivity contribution in [3.05, 3.63) is 0 Å². The third kappa shape index (κ3) is 28.0. The number of ether oxygens (including phenoxy) is 6. The first-order valence-electron chi connectivity index (χ1n) is 8.12. The molecule has 0 heterocycles. The molecule has 0 saturated carbocycles. The summed E-state index contributed by atoms with van der Waals surface area (Å²) in [5.41, 5.74) is 0. The van der Waals surface area contributed by atoms with Gasteiger partial charge in [0.05, 0.1) is 52.9 Å². The topological polar surface area (TPSA) is 55.4 Å². The standard InChI is InChI=1S/2C8H18O3/c2*1-3-4-10-7-8-11-6-5-9-2/h2*3-8H2,1-2H3. The number of methoxy groups -OCH3 is 2. The number of hydrogen-bond donors (Lipinski definition) is 0. The molecule has 6 heteroatoms. The normalized spacial score (nSPS) is 10.4. The molecule has 0 aromatic carbocycles. The van der Waals surface area contributed by atoms with Crippen molar-refractivity contribution in [2.24, 2.45) is 0 Å². The van der Waals surface area contributed by atoms with Crippen LogP contribution in [0.3, 0.4) is 0 Å². The van der Waals surface area contributed by atoms with Gasteiger partial charge in [-0.25, -0.2) is 0 Å². The van der Waals surface area contributed by atoms with Crippen LogP contribution in [0.1, 0.15) is 26.7 Å². The average molecular weight is 324 g/mol. The van der Waals surface area contributed by atoms with E-state index >= 15 is 0 Å². The van der Waals surface area contributed by atoms with Crippen molar-refractivity contribution < 1.29 is 28.4 Å². The molecule has 0 bridgehead atoms. The molecule has 6 nitrogen and oxygen atoms in total. The lowest BCUT2D eigenvalue weighted by Gasteiger charge is -2.03. The van der Waals surface area contributed by atoms with Crippen LogP contribution in [-0.4, -0.2) is 80.3 Å². The van der Waals surface area contributed by atoms with Gasteiger partial charge >= 0.3 is 0 Å². The van der Waals surface area contributed by atoms with E-state index in [0.717, 1.165) is 26.1 Å². The summed E-state index contributed by atoms with van der Waals surface area (Å²) in [5, 5.41) is 0. The summed E-state index contributed by atoms with van der Waals surface area (Å²) in [6.45, 7) is 11.2. The molecule has 22 heavy (non-hydrogen) atoms. The lowest BCUT2D eigenvalue weighted by Crippen LogP contribution is -2.08. The van der Waals surface area contributed by atoms with Crippen LogP contribution < -0.4 is 0 Å². The Morgan fingerprint density at radius 3 is 0.955 bits per heavy atom. The second-order valence-electron chi connectivity index (χ2n) is 4.44.